The second-order valence-electron chi connectivity index (χ2n) is 7.78. The molecule has 0 saturated heterocycles. The summed E-state index contributed by atoms with van der Waals surface area (Å²) in [4.78, 5) is 25.6. The SMILES string of the molecule is Cn1cnc2ncn(Cc3nc(C4C5Cc6ccccc6CC54)no3)c(=O)c21. The lowest BCUT2D eigenvalue weighted by atomic mass is 9.92. The first kappa shape index (κ1) is 15.7. The molecule has 8 nitrogen and oxygen atoms in total. The number of hydrogen-bond acceptors (Lipinski definition) is 6. The van der Waals surface area contributed by atoms with Crippen LogP contribution in [0.25, 0.3) is 11.2 Å². The standard InChI is InChI=1S/C20H18N6O2/c1-25-9-21-19-17(25)20(27)26(10-22-19)8-15-23-18(24-28-15)16-13-6-11-4-2-3-5-12(11)7-14(13)16/h2-5,9-10,13-14,16H,6-8H2,1H3. The lowest BCUT2D eigenvalue weighted by Gasteiger charge is -2.13. The molecule has 0 N–H and O–H groups in total. The molecule has 2 aliphatic rings. The molecule has 0 amide bonds. The van der Waals surface area contributed by atoms with Crippen LogP contribution in [0.5, 0.6) is 0 Å². The van der Waals surface area contributed by atoms with Crippen molar-refractivity contribution in [3.8, 4) is 0 Å². The van der Waals surface area contributed by atoms with Crippen LogP contribution in [0.2, 0.25) is 0 Å². The van der Waals surface area contributed by atoms with Crippen molar-refractivity contribution in [2.75, 3.05) is 0 Å². The summed E-state index contributed by atoms with van der Waals surface area (Å²) in [6.07, 6.45) is 5.22. The average Bonchev–Trinajstić information content (AvgIpc) is 3.00. The molecule has 1 aromatic carbocycles. The molecule has 1 fully saturated rings. The highest BCUT2D eigenvalue weighted by Crippen LogP contribution is 2.58. The van der Waals surface area contributed by atoms with Gasteiger partial charge in [-0.05, 0) is 35.8 Å². The molecule has 140 valence electrons. The van der Waals surface area contributed by atoms with Crippen molar-refractivity contribution in [3.05, 3.63) is 70.1 Å². The maximum atomic E-state index is 12.7. The van der Waals surface area contributed by atoms with Gasteiger partial charge >= 0.3 is 0 Å². The quantitative estimate of drug-likeness (QED) is 0.542. The fourth-order valence-corrected chi connectivity index (χ4v) is 4.65. The number of benzene rings is 1. The summed E-state index contributed by atoms with van der Waals surface area (Å²) in [5, 5.41) is 4.22. The minimum Gasteiger partial charge on any atom is -0.337 e. The Bertz CT molecular complexity index is 1240. The summed E-state index contributed by atoms with van der Waals surface area (Å²) in [6, 6.07) is 8.65. The van der Waals surface area contributed by atoms with Crippen LogP contribution >= 0.6 is 0 Å². The minimum absolute atomic E-state index is 0.166. The predicted octanol–water partition coefficient (Wildman–Crippen LogP) is 1.69. The smallest absolute Gasteiger partial charge is 0.280 e. The summed E-state index contributed by atoms with van der Waals surface area (Å²) in [5.74, 6) is 2.73. The van der Waals surface area contributed by atoms with Gasteiger partial charge in [0.1, 0.15) is 12.9 Å². The highest BCUT2D eigenvalue weighted by atomic mass is 16.5. The molecule has 0 spiro atoms. The van der Waals surface area contributed by atoms with E-state index in [-0.39, 0.29) is 12.1 Å². The Morgan fingerprint density at radius 2 is 1.82 bits per heavy atom. The summed E-state index contributed by atoms with van der Waals surface area (Å²) in [5.41, 5.74) is 3.62. The van der Waals surface area contributed by atoms with E-state index in [1.54, 1.807) is 17.9 Å². The van der Waals surface area contributed by atoms with Gasteiger partial charge in [0.15, 0.2) is 17.0 Å². The van der Waals surface area contributed by atoms with Crippen LogP contribution in [-0.4, -0.2) is 29.2 Å². The van der Waals surface area contributed by atoms with Crippen molar-refractivity contribution in [2.45, 2.75) is 25.3 Å². The molecule has 4 aromatic rings. The summed E-state index contributed by atoms with van der Waals surface area (Å²) < 4.78 is 8.62. The molecule has 0 radical (unpaired) electrons. The molecule has 3 heterocycles. The van der Waals surface area contributed by atoms with E-state index in [9.17, 15) is 4.79 Å². The van der Waals surface area contributed by atoms with Crippen LogP contribution in [-0.2, 0) is 26.4 Å². The van der Waals surface area contributed by atoms with E-state index in [1.807, 2.05) is 0 Å². The third-order valence-electron chi connectivity index (χ3n) is 6.15. The maximum absolute atomic E-state index is 12.7. The Balaban J connectivity index is 1.25. The second kappa shape index (κ2) is 5.60. The molecule has 3 aromatic heterocycles. The Morgan fingerprint density at radius 3 is 2.57 bits per heavy atom. The average molecular weight is 374 g/mol. The van der Waals surface area contributed by atoms with Crippen LogP contribution in [0.4, 0.5) is 0 Å². The van der Waals surface area contributed by atoms with Gasteiger partial charge in [0.25, 0.3) is 5.56 Å². The normalized spacial score (nSPS) is 22.8. The Morgan fingerprint density at radius 1 is 1.11 bits per heavy atom. The Labute approximate surface area is 159 Å². The number of hydrogen-bond donors (Lipinski definition) is 0. The zero-order valence-corrected chi connectivity index (χ0v) is 15.3. The number of imidazole rings is 1. The second-order valence-corrected chi connectivity index (χ2v) is 7.78. The van der Waals surface area contributed by atoms with Crippen molar-refractivity contribution >= 4 is 11.2 Å². The van der Waals surface area contributed by atoms with Gasteiger partial charge in [0.2, 0.25) is 5.89 Å². The van der Waals surface area contributed by atoms with Crippen LogP contribution < -0.4 is 5.56 Å². The molecule has 0 bridgehead atoms. The first-order valence-corrected chi connectivity index (χ1v) is 9.45. The third-order valence-corrected chi connectivity index (χ3v) is 6.15. The van der Waals surface area contributed by atoms with Gasteiger partial charge in [-0.25, -0.2) is 9.97 Å². The molecular weight excluding hydrogens is 356 g/mol. The van der Waals surface area contributed by atoms with Crippen molar-refractivity contribution in [3.63, 3.8) is 0 Å². The summed E-state index contributed by atoms with van der Waals surface area (Å²) >= 11 is 0. The number of rotatable bonds is 3. The van der Waals surface area contributed by atoms with Gasteiger partial charge in [-0.3, -0.25) is 9.36 Å². The van der Waals surface area contributed by atoms with E-state index in [0.717, 1.165) is 18.7 Å². The molecule has 0 aliphatic heterocycles. The summed E-state index contributed by atoms with van der Waals surface area (Å²) in [6.45, 7) is 0.211. The van der Waals surface area contributed by atoms with E-state index in [0.29, 0.717) is 34.8 Å². The van der Waals surface area contributed by atoms with Crippen molar-refractivity contribution in [2.24, 2.45) is 18.9 Å². The minimum atomic E-state index is -0.166. The van der Waals surface area contributed by atoms with E-state index >= 15 is 0 Å². The van der Waals surface area contributed by atoms with Crippen molar-refractivity contribution < 1.29 is 4.52 Å². The van der Waals surface area contributed by atoms with E-state index in [2.05, 4.69) is 44.4 Å². The fourth-order valence-electron chi connectivity index (χ4n) is 4.65. The van der Waals surface area contributed by atoms with E-state index in [4.69, 9.17) is 4.52 Å². The van der Waals surface area contributed by atoms with Crippen LogP contribution in [0.15, 0.2) is 46.2 Å². The summed E-state index contributed by atoms with van der Waals surface area (Å²) in [7, 11) is 1.78. The fraction of sp³-hybridized carbons (Fsp3) is 0.350. The number of aromatic nitrogens is 6. The largest absolute Gasteiger partial charge is 0.337 e. The Kier molecular flexibility index (Phi) is 3.15. The molecule has 6 rings (SSSR count). The number of aryl methyl sites for hydroxylation is 1. The molecule has 2 unspecified atom stereocenters. The monoisotopic (exact) mass is 374 g/mol. The number of nitrogens with zero attached hydrogens (tertiary/aromatic N) is 6. The predicted molar refractivity (Wildman–Crippen MR) is 99.7 cm³/mol. The van der Waals surface area contributed by atoms with Crippen LogP contribution in [0.1, 0.15) is 28.8 Å². The van der Waals surface area contributed by atoms with Crippen LogP contribution in [0.3, 0.4) is 0 Å². The molecular formula is C20H18N6O2. The van der Waals surface area contributed by atoms with Crippen molar-refractivity contribution in [1.29, 1.82) is 0 Å². The maximum Gasteiger partial charge on any atom is 0.280 e. The molecule has 1 saturated carbocycles. The first-order chi connectivity index (χ1) is 13.7. The highest BCUT2D eigenvalue weighted by Gasteiger charge is 2.55. The zero-order chi connectivity index (χ0) is 18.8. The number of fused-ring (bicyclic) bond motifs is 3. The Hall–Kier alpha value is -3.29. The lowest BCUT2D eigenvalue weighted by molar-refractivity contribution is 0.364. The third kappa shape index (κ3) is 2.27. The molecule has 2 aliphatic carbocycles. The highest BCUT2D eigenvalue weighted by molar-refractivity contribution is 5.68. The topological polar surface area (TPSA) is 91.6 Å². The molecule has 28 heavy (non-hydrogen) atoms. The van der Waals surface area contributed by atoms with E-state index < -0.39 is 0 Å². The van der Waals surface area contributed by atoms with Crippen LogP contribution in [0, 0.1) is 11.8 Å². The van der Waals surface area contributed by atoms with Gasteiger partial charge in [-0.15, -0.1) is 0 Å². The van der Waals surface area contributed by atoms with E-state index in [1.165, 1.54) is 22.0 Å². The zero-order valence-electron chi connectivity index (χ0n) is 15.3. The lowest BCUT2D eigenvalue weighted by Crippen LogP contribution is -2.22. The van der Waals surface area contributed by atoms with Gasteiger partial charge in [0.05, 0.1) is 6.33 Å². The van der Waals surface area contributed by atoms with Gasteiger partial charge in [0, 0.05) is 13.0 Å². The van der Waals surface area contributed by atoms with Gasteiger partial charge in [-0.1, -0.05) is 29.4 Å². The van der Waals surface area contributed by atoms with Gasteiger partial charge in [-0.2, -0.15) is 4.98 Å². The first-order valence-electron chi connectivity index (χ1n) is 9.45. The molecule has 2 atom stereocenters. The van der Waals surface area contributed by atoms with Crippen molar-refractivity contribution in [1.82, 2.24) is 29.2 Å². The molecule has 8 heteroatoms. The van der Waals surface area contributed by atoms with Gasteiger partial charge < -0.3 is 9.09 Å².